The lowest BCUT2D eigenvalue weighted by atomic mass is 9.91. The Morgan fingerprint density at radius 1 is 0.570 bits per heavy atom. The molecule has 0 bridgehead atoms. The van der Waals surface area contributed by atoms with Crippen molar-refractivity contribution in [3.05, 3.63) is 30.4 Å². The molecule has 14 atom stereocenters. The maximum absolute atomic E-state index is 15.9. The summed E-state index contributed by atoms with van der Waals surface area (Å²) < 4.78 is 6.43. The van der Waals surface area contributed by atoms with Crippen LogP contribution in [0.25, 0.3) is 0 Å². The number of nitrogens with two attached hydrogens (primary N) is 1. The number of aromatic amines is 1. The quantitative estimate of drug-likeness (QED) is 0.0687. The number of H-pyrrole nitrogens is 1. The molecule has 29 nitrogen and oxygen atoms in total. The molecule has 1 aromatic rings. The third-order valence-electron chi connectivity index (χ3n) is 18.3. The largest absolute Gasteiger partial charge is 0.458 e. The molecule has 29 heteroatoms. The van der Waals surface area contributed by atoms with Crippen molar-refractivity contribution in [2.24, 2.45) is 47.2 Å². The van der Waals surface area contributed by atoms with Crippen LogP contribution in [-0.2, 0) is 73.5 Å². The number of imidazole rings is 1. The fourth-order valence-corrected chi connectivity index (χ4v) is 12.2. The molecule has 100 heavy (non-hydrogen) atoms. The minimum atomic E-state index is -1.82. The highest BCUT2D eigenvalue weighted by molar-refractivity contribution is 6.00. The number of carbonyl (C=O) groups excluding carboxylic acids is 13. The summed E-state index contributed by atoms with van der Waals surface area (Å²) in [4.78, 5) is 207. The van der Waals surface area contributed by atoms with E-state index in [0.717, 1.165) is 9.80 Å². The minimum Gasteiger partial charge on any atom is -0.458 e. The molecule has 1 fully saturated rings. The molecule has 2 unspecified atom stereocenters. The third kappa shape index (κ3) is 25.0. The second kappa shape index (κ2) is 40.5. The Morgan fingerprint density at radius 3 is 1.51 bits per heavy atom. The number of aromatic nitrogens is 2. The first-order valence-corrected chi connectivity index (χ1v) is 35.3. The Kier molecular flexibility index (Phi) is 35.6. The van der Waals surface area contributed by atoms with Crippen molar-refractivity contribution in [3.63, 3.8) is 0 Å². The Balaban J connectivity index is 3.19. The number of esters is 1. The average Bonchev–Trinajstić information content (AvgIpc) is 0.831. The molecule has 1 aromatic heterocycles. The summed E-state index contributed by atoms with van der Waals surface area (Å²) in [5, 5.41) is 13.7. The van der Waals surface area contributed by atoms with Gasteiger partial charge < -0.3 is 76.3 Å². The molecule has 566 valence electrons. The third-order valence-corrected chi connectivity index (χ3v) is 18.3. The minimum absolute atomic E-state index is 0.0731. The lowest BCUT2D eigenvalue weighted by Gasteiger charge is -2.42. The van der Waals surface area contributed by atoms with Crippen LogP contribution >= 0.6 is 0 Å². The number of carbonyl (C=O) groups is 13. The standard InChI is InChI=1S/C71H123N15O14/c1-26-28-29-44(15)59(100-71(99)50(78-60(88)45(16)72)34-48-35-73-37-74-48)58-64(92)77-49(27-2)66(94)80(19)36-55(87)81(20)51(30-38(3)4)63(91)79-56(42(11)12)69(97)82(21)52(31-39(5)6)62(90)75-46(17)61(89)76-47(18)65(93)83(22)53(32-40(7)8)67(95)84(23)54(33-41(9)10)68(96)85(24)57(43(13)14)70(98)86(58)25/h26,28,35,37-47,49-54,56-59H,27,29-34,36,72H2,1-25H3,(H,73,74)(H,75,90)(H,76,89)(H,77,92)(H,78,88)(H,79,91)/b28-26+/t44-,45?,46+,47-,49+,50?,51+,52+,53+,54+,56+,57+,58+,59-/m1/s1. The van der Waals surface area contributed by atoms with E-state index in [0.29, 0.717) is 5.69 Å². The topological polar surface area (TPSA) is 369 Å². The van der Waals surface area contributed by atoms with Gasteiger partial charge in [0.15, 0.2) is 0 Å². The van der Waals surface area contributed by atoms with Gasteiger partial charge in [-0.2, -0.15) is 0 Å². The Bertz CT molecular complexity index is 2970. The van der Waals surface area contributed by atoms with Crippen LogP contribution in [0.3, 0.4) is 0 Å². The van der Waals surface area contributed by atoms with Crippen molar-refractivity contribution in [2.45, 2.75) is 248 Å². The predicted octanol–water partition coefficient (Wildman–Crippen LogP) is 2.62. The highest BCUT2D eigenvalue weighted by atomic mass is 16.5. The van der Waals surface area contributed by atoms with E-state index in [4.69, 9.17) is 10.5 Å². The maximum atomic E-state index is 15.9. The van der Waals surface area contributed by atoms with Gasteiger partial charge >= 0.3 is 5.97 Å². The normalized spacial score (nSPS) is 25.2. The molecule has 0 radical (unpaired) electrons. The van der Waals surface area contributed by atoms with Gasteiger partial charge in [0, 0.05) is 67.6 Å². The molecular weight excluding hydrogens is 1290 g/mol. The summed E-state index contributed by atoms with van der Waals surface area (Å²) in [6.07, 6.45) is 5.05. The Morgan fingerprint density at radius 2 is 1.04 bits per heavy atom. The molecule has 2 rings (SSSR count). The number of likely N-dealkylation sites (N-methyl/N-ethyl adjacent to an activating group) is 7. The highest BCUT2D eigenvalue weighted by Crippen LogP contribution is 2.28. The average molecular weight is 1410 g/mol. The van der Waals surface area contributed by atoms with Crippen LogP contribution in [0, 0.1) is 41.4 Å². The zero-order valence-electron chi connectivity index (χ0n) is 64.4. The number of ether oxygens (including phenoxy) is 1. The lowest BCUT2D eigenvalue weighted by Crippen LogP contribution is -2.64. The number of rotatable bonds is 21. The predicted molar refractivity (Wildman–Crippen MR) is 380 cm³/mol. The number of amides is 12. The van der Waals surface area contributed by atoms with Gasteiger partial charge in [0.1, 0.15) is 72.6 Å². The molecular formula is C71H123N15O14. The fourth-order valence-electron chi connectivity index (χ4n) is 12.2. The van der Waals surface area contributed by atoms with Crippen LogP contribution < -0.4 is 32.3 Å². The van der Waals surface area contributed by atoms with Gasteiger partial charge in [-0.25, -0.2) is 9.78 Å². The second-order valence-corrected chi connectivity index (χ2v) is 29.6. The Labute approximate surface area is 594 Å². The van der Waals surface area contributed by atoms with Gasteiger partial charge in [-0.05, 0) is 108 Å². The summed E-state index contributed by atoms with van der Waals surface area (Å²) in [7, 11) is 9.70. The van der Waals surface area contributed by atoms with Crippen molar-refractivity contribution in [1.82, 2.24) is 70.9 Å². The number of nitrogens with zero attached hydrogens (tertiary/aromatic N) is 8. The van der Waals surface area contributed by atoms with E-state index in [1.54, 1.807) is 60.6 Å². The fraction of sp³-hybridized carbons (Fsp3) is 0.746. The van der Waals surface area contributed by atoms with E-state index >= 15 is 19.2 Å². The van der Waals surface area contributed by atoms with Gasteiger partial charge in [-0.15, -0.1) is 0 Å². The van der Waals surface area contributed by atoms with E-state index in [-0.39, 0.29) is 68.6 Å². The first-order valence-electron chi connectivity index (χ1n) is 35.3. The molecule has 0 aliphatic carbocycles. The molecule has 2 heterocycles. The molecule has 1 aliphatic rings. The number of hydrogen-bond donors (Lipinski definition) is 7. The van der Waals surface area contributed by atoms with E-state index in [1.165, 1.54) is 107 Å². The summed E-state index contributed by atoms with van der Waals surface area (Å²) in [5.74, 6) is -12.7. The van der Waals surface area contributed by atoms with Crippen LogP contribution in [0.15, 0.2) is 24.7 Å². The van der Waals surface area contributed by atoms with E-state index in [9.17, 15) is 43.2 Å². The Hall–Kier alpha value is -7.98. The van der Waals surface area contributed by atoms with Crippen LogP contribution in [0.5, 0.6) is 0 Å². The van der Waals surface area contributed by atoms with Gasteiger partial charge in [-0.1, -0.05) is 109 Å². The second-order valence-electron chi connectivity index (χ2n) is 29.6. The van der Waals surface area contributed by atoms with Crippen molar-refractivity contribution in [2.75, 3.05) is 55.9 Å². The molecule has 8 N–H and O–H groups in total. The first-order chi connectivity index (χ1) is 46.4. The van der Waals surface area contributed by atoms with Gasteiger partial charge in [0.2, 0.25) is 70.9 Å². The summed E-state index contributed by atoms with van der Waals surface area (Å²) in [5.41, 5.74) is 6.40. The molecule has 1 aliphatic heterocycles. The van der Waals surface area contributed by atoms with E-state index < -0.39 is 180 Å². The SMILES string of the molecule is C/C=C/C[C@@H](C)[C@@H](OC(=O)C(Cc1cnc[nH]1)NC(=O)C(C)N)[C@H]1C(=O)N[C@@H](CC)C(=O)N(C)CC(=O)N(C)[C@@H](CC(C)C)C(=O)N[C@@H](C(C)C)C(=O)N(C)[C@@H](CC(C)C)C(=O)N[C@@H](C)C(=O)N[C@H](C)C(=O)N(C)[C@@H](CC(C)C)C(=O)N(C)[C@@H](CC(C)C)C(=O)N(C)[C@@H](C(C)C)C(=O)N1C. The molecule has 1 saturated heterocycles. The van der Waals surface area contributed by atoms with Gasteiger partial charge in [-0.3, -0.25) is 57.5 Å². The van der Waals surface area contributed by atoms with Crippen molar-refractivity contribution in [1.29, 1.82) is 0 Å². The smallest absolute Gasteiger partial charge is 0.329 e. The monoisotopic (exact) mass is 1410 g/mol. The van der Waals surface area contributed by atoms with Crippen LogP contribution in [0.1, 0.15) is 169 Å². The zero-order chi connectivity index (χ0) is 76.8. The molecule has 0 aromatic carbocycles. The van der Waals surface area contributed by atoms with Crippen LogP contribution in [-0.4, -0.2) is 256 Å². The lowest BCUT2D eigenvalue weighted by molar-refractivity contribution is -0.167. The van der Waals surface area contributed by atoms with Gasteiger partial charge in [0.25, 0.3) is 0 Å². The summed E-state index contributed by atoms with van der Waals surface area (Å²) >= 11 is 0. The first kappa shape index (κ1) is 88.1. The summed E-state index contributed by atoms with van der Waals surface area (Å²) in [6, 6.07) is -15.7. The highest BCUT2D eigenvalue weighted by Gasteiger charge is 2.48. The number of nitrogens with one attached hydrogen (secondary N) is 6. The van der Waals surface area contributed by atoms with Crippen LogP contribution in [0.2, 0.25) is 0 Å². The van der Waals surface area contributed by atoms with Crippen LogP contribution in [0.4, 0.5) is 0 Å². The van der Waals surface area contributed by atoms with E-state index in [1.807, 2.05) is 55.4 Å². The van der Waals surface area contributed by atoms with Crippen molar-refractivity contribution < 1.29 is 67.1 Å². The number of hydrogen-bond acceptors (Lipinski definition) is 16. The zero-order valence-corrected chi connectivity index (χ0v) is 64.4. The van der Waals surface area contributed by atoms with Crippen molar-refractivity contribution >= 4 is 76.9 Å². The number of allylic oxidation sites excluding steroid dienone is 2. The maximum Gasteiger partial charge on any atom is 0.329 e. The molecule has 0 spiro atoms. The van der Waals surface area contributed by atoms with E-state index in [2.05, 4.69) is 36.6 Å². The molecule has 12 amide bonds. The van der Waals surface area contributed by atoms with Crippen molar-refractivity contribution in [3.8, 4) is 0 Å². The summed E-state index contributed by atoms with van der Waals surface area (Å²) in [6.45, 7) is 30.3. The molecule has 0 saturated carbocycles. The van der Waals surface area contributed by atoms with Gasteiger partial charge in [0.05, 0.1) is 18.9 Å².